The minimum absolute atomic E-state index is 0.100. The van der Waals surface area contributed by atoms with Crippen LogP contribution in [-0.2, 0) is 4.74 Å². The van der Waals surface area contributed by atoms with Crippen molar-refractivity contribution >= 4 is 11.6 Å². The van der Waals surface area contributed by atoms with Crippen LogP contribution < -0.4 is 10.6 Å². The molecule has 110 valence electrons. The Balaban J connectivity index is 1.82. The van der Waals surface area contributed by atoms with E-state index in [1.165, 1.54) is 12.8 Å². The first-order chi connectivity index (χ1) is 9.69. The Morgan fingerprint density at radius 2 is 2.25 bits per heavy atom. The molecular formula is C15H23N3O2. The Labute approximate surface area is 120 Å². The third kappa shape index (κ3) is 3.93. The fourth-order valence-electron chi connectivity index (χ4n) is 2.21. The second-order valence-electron chi connectivity index (χ2n) is 5.39. The number of carbonyl (C=O) groups excluding carboxylic acids is 1. The lowest BCUT2D eigenvalue weighted by atomic mass is 10.0. The minimum Gasteiger partial charge on any atom is -0.385 e. The maximum Gasteiger partial charge on any atom is 0.269 e. The van der Waals surface area contributed by atoms with Crippen LogP contribution in [0.25, 0.3) is 0 Å². The number of nitrogens with zero attached hydrogens (tertiary/aromatic N) is 1. The summed E-state index contributed by atoms with van der Waals surface area (Å²) in [6, 6.07) is 3.63. The van der Waals surface area contributed by atoms with Crippen molar-refractivity contribution in [3.63, 3.8) is 0 Å². The highest BCUT2D eigenvalue weighted by atomic mass is 16.5. The summed E-state index contributed by atoms with van der Waals surface area (Å²) in [5.41, 5.74) is 1.66. The molecule has 0 radical (unpaired) electrons. The second-order valence-corrected chi connectivity index (χ2v) is 5.39. The molecular weight excluding hydrogens is 254 g/mol. The van der Waals surface area contributed by atoms with E-state index in [4.69, 9.17) is 4.74 Å². The van der Waals surface area contributed by atoms with Gasteiger partial charge in [-0.3, -0.25) is 4.79 Å². The van der Waals surface area contributed by atoms with Gasteiger partial charge in [0.2, 0.25) is 0 Å². The summed E-state index contributed by atoms with van der Waals surface area (Å²) < 4.78 is 5.11. The Hall–Kier alpha value is -1.62. The van der Waals surface area contributed by atoms with Crippen LogP contribution in [0.4, 0.5) is 5.69 Å². The Morgan fingerprint density at radius 3 is 2.80 bits per heavy atom. The van der Waals surface area contributed by atoms with Gasteiger partial charge in [-0.2, -0.15) is 0 Å². The van der Waals surface area contributed by atoms with Crippen LogP contribution in [0.3, 0.4) is 0 Å². The van der Waals surface area contributed by atoms with Gasteiger partial charge in [0.25, 0.3) is 5.91 Å². The first-order valence-electron chi connectivity index (χ1n) is 7.16. The van der Waals surface area contributed by atoms with Crippen LogP contribution >= 0.6 is 0 Å². The summed E-state index contributed by atoms with van der Waals surface area (Å²) >= 11 is 0. The van der Waals surface area contributed by atoms with Crippen molar-refractivity contribution in [3.8, 4) is 0 Å². The molecule has 0 aliphatic heterocycles. The fourth-order valence-corrected chi connectivity index (χ4v) is 2.21. The number of nitrogens with one attached hydrogen (secondary N) is 2. The molecule has 1 heterocycles. The second kappa shape index (κ2) is 6.70. The number of methoxy groups -OCH3 is 1. The number of rotatable bonds is 8. The Morgan fingerprint density at radius 1 is 1.45 bits per heavy atom. The zero-order valence-corrected chi connectivity index (χ0v) is 12.2. The zero-order valence-electron chi connectivity index (χ0n) is 12.2. The third-order valence-corrected chi connectivity index (χ3v) is 3.79. The molecule has 5 nitrogen and oxygen atoms in total. The number of anilines is 1. The standard InChI is InChI=1S/C15H23N3O2/c1-3-16-12-4-5-13(17-10-12)14(19)18-11-15(6-7-15)8-9-20-2/h4-5,10,16H,3,6-9,11H2,1-2H3,(H,18,19). The van der Waals surface area contributed by atoms with Crippen molar-refractivity contribution in [2.24, 2.45) is 5.41 Å². The normalized spacial score (nSPS) is 15.7. The Bertz CT molecular complexity index is 441. The summed E-state index contributed by atoms with van der Waals surface area (Å²) in [7, 11) is 1.71. The van der Waals surface area contributed by atoms with Gasteiger partial charge in [0.05, 0.1) is 11.9 Å². The predicted molar refractivity (Wildman–Crippen MR) is 78.9 cm³/mol. The van der Waals surface area contributed by atoms with Crippen molar-refractivity contribution in [1.82, 2.24) is 10.3 Å². The van der Waals surface area contributed by atoms with E-state index in [1.54, 1.807) is 19.4 Å². The molecule has 1 aliphatic carbocycles. The first-order valence-corrected chi connectivity index (χ1v) is 7.16. The molecule has 1 aliphatic rings. The van der Waals surface area contributed by atoms with Crippen molar-refractivity contribution in [2.45, 2.75) is 26.2 Å². The highest BCUT2D eigenvalue weighted by Gasteiger charge is 2.42. The molecule has 20 heavy (non-hydrogen) atoms. The van der Waals surface area contributed by atoms with Crippen LogP contribution in [0, 0.1) is 5.41 Å². The van der Waals surface area contributed by atoms with Crippen molar-refractivity contribution in [3.05, 3.63) is 24.0 Å². The van der Waals surface area contributed by atoms with Crippen LogP contribution in [0.1, 0.15) is 36.7 Å². The van der Waals surface area contributed by atoms with Crippen LogP contribution in [0.5, 0.6) is 0 Å². The molecule has 5 heteroatoms. The molecule has 0 unspecified atom stereocenters. The smallest absolute Gasteiger partial charge is 0.269 e. The number of amides is 1. The maximum atomic E-state index is 12.0. The average molecular weight is 277 g/mol. The highest BCUT2D eigenvalue weighted by molar-refractivity contribution is 5.92. The molecule has 1 aromatic rings. The summed E-state index contributed by atoms with van der Waals surface area (Å²) in [6.45, 7) is 4.34. The highest BCUT2D eigenvalue weighted by Crippen LogP contribution is 2.48. The lowest BCUT2D eigenvalue weighted by molar-refractivity contribution is 0.0933. The molecule has 1 amide bonds. The largest absolute Gasteiger partial charge is 0.385 e. The van der Waals surface area contributed by atoms with E-state index in [9.17, 15) is 4.79 Å². The summed E-state index contributed by atoms with van der Waals surface area (Å²) in [5.74, 6) is -0.100. The molecule has 2 rings (SSSR count). The molecule has 1 aromatic heterocycles. The van der Waals surface area contributed by atoms with Gasteiger partial charge in [0.1, 0.15) is 5.69 Å². The van der Waals surface area contributed by atoms with E-state index < -0.39 is 0 Å². The Kier molecular flexibility index (Phi) is 4.95. The van der Waals surface area contributed by atoms with E-state index >= 15 is 0 Å². The third-order valence-electron chi connectivity index (χ3n) is 3.79. The van der Waals surface area contributed by atoms with E-state index in [1.807, 2.05) is 13.0 Å². The predicted octanol–water partition coefficient (Wildman–Crippen LogP) is 2.06. The molecule has 0 aromatic carbocycles. The topological polar surface area (TPSA) is 63.2 Å². The number of pyridine rings is 1. The lowest BCUT2D eigenvalue weighted by Gasteiger charge is -2.15. The zero-order chi connectivity index (χ0) is 14.4. The monoisotopic (exact) mass is 277 g/mol. The molecule has 2 N–H and O–H groups in total. The number of carbonyl (C=O) groups is 1. The van der Waals surface area contributed by atoms with Crippen LogP contribution in [0.15, 0.2) is 18.3 Å². The van der Waals surface area contributed by atoms with Crippen molar-refractivity contribution in [1.29, 1.82) is 0 Å². The van der Waals surface area contributed by atoms with Gasteiger partial charge in [-0.05, 0) is 43.7 Å². The number of aromatic nitrogens is 1. The minimum atomic E-state index is -0.100. The summed E-state index contributed by atoms with van der Waals surface area (Å²) in [6.07, 6.45) is 5.04. The van der Waals surface area contributed by atoms with Gasteiger partial charge in [-0.1, -0.05) is 0 Å². The summed E-state index contributed by atoms with van der Waals surface area (Å²) in [5, 5.41) is 6.14. The van der Waals surface area contributed by atoms with Crippen molar-refractivity contribution in [2.75, 3.05) is 32.1 Å². The maximum absolute atomic E-state index is 12.0. The average Bonchev–Trinajstić information content (AvgIpc) is 3.24. The lowest BCUT2D eigenvalue weighted by Crippen LogP contribution is -2.31. The number of ether oxygens (including phenoxy) is 1. The van der Waals surface area contributed by atoms with Gasteiger partial charge in [0, 0.05) is 26.8 Å². The fraction of sp³-hybridized carbons (Fsp3) is 0.600. The molecule has 0 saturated heterocycles. The van der Waals surface area contributed by atoms with Gasteiger partial charge < -0.3 is 15.4 Å². The van der Waals surface area contributed by atoms with Crippen molar-refractivity contribution < 1.29 is 9.53 Å². The van der Waals surface area contributed by atoms with E-state index in [2.05, 4.69) is 15.6 Å². The van der Waals surface area contributed by atoms with Gasteiger partial charge >= 0.3 is 0 Å². The number of hydrogen-bond acceptors (Lipinski definition) is 4. The molecule has 0 spiro atoms. The van der Waals surface area contributed by atoms with E-state index in [0.29, 0.717) is 12.2 Å². The molecule has 0 atom stereocenters. The van der Waals surface area contributed by atoms with Crippen LogP contribution in [0.2, 0.25) is 0 Å². The SMILES string of the molecule is CCNc1ccc(C(=O)NCC2(CCOC)CC2)nc1. The van der Waals surface area contributed by atoms with Gasteiger partial charge in [0.15, 0.2) is 0 Å². The summed E-state index contributed by atoms with van der Waals surface area (Å²) in [4.78, 5) is 16.2. The molecule has 1 saturated carbocycles. The quantitative estimate of drug-likeness (QED) is 0.763. The number of hydrogen-bond donors (Lipinski definition) is 2. The van der Waals surface area contributed by atoms with Gasteiger partial charge in [-0.15, -0.1) is 0 Å². The van der Waals surface area contributed by atoms with Gasteiger partial charge in [-0.25, -0.2) is 4.98 Å². The van der Waals surface area contributed by atoms with E-state index in [-0.39, 0.29) is 11.3 Å². The van der Waals surface area contributed by atoms with E-state index in [0.717, 1.165) is 25.3 Å². The molecule has 1 fully saturated rings. The molecule has 0 bridgehead atoms. The first kappa shape index (κ1) is 14.8. The van der Waals surface area contributed by atoms with Crippen LogP contribution in [-0.4, -0.2) is 37.7 Å².